The fourth-order valence-corrected chi connectivity index (χ4v) is 18.3. The highest BCUT2D eigenvalue weighted by Gasteiger charge is 2.48. The number of carbonyl (C=O) groups excluding carboxylic acids is 4. The fourth-order valence-electron chi connectivity index (χ4n) is 11.5. The van der Waals surface area contributed by atoms with Gasteiger partial charge >= 0.3 is 24.0 Å². The van der Waals surface area contributed by atoms with E-state index in [4.69, 9.17) is 58.2 Å². The number of hydrogen-bond acceptors (Lipinski definition) is 17. The van der Waals surface area contributed by atoms with E-state index in [-0.39, 0.29) is 47.0 Å². The van der Waals surface area contributed by atoms with E-state index >= 15 is 0 Å². The van der Waals surface area contributed by atoms with E-state index in [0.717, 1.165) is 36.7 Å². The van der Waals surface area contributed by atoms with Gasteiger partial charge in [0.25, 0.3) is 0 Å². The lowest BCUT2D eigenvalue weighted by Gasteiger charge is -2.42. The Morgan fingerprint density at radius 3 is 1.19 bits per heavy atom. The minimum absolute atomic E-state index is 0. The molecule has 6 unspecified atom stereocenters. The van der Waals surface area contributed by atoms with Crippen LogP contribution >= 0.6 is 34.8 Å². The molecule has 0 aromatic heterocycles. The average molecular weight is 1370 g/mol. The predicted molar refractivity (Wildman–Crippen MR) is 340 cm³/mol. The number of likely N-dealkylation sites (tertiary alicyclic amines) is 2. The highest BCUT2D eigenvalue weighted by molar-refractivity contribution is 7.89. The van der Waals surface area contributed by atoms with E-state index in [9.17, 15) is 49.5 Å². The van der Waals surface area contributed by atoms with Crippen molar-refractivity contribution in [2.24, 2.45) is 0 Å². The molecule has 494 valence electrons. The molecule has 1 amide bonds. The van der Waals surface area contributed by atoms with Gasteiger partial charge < -0.3 is 38.3 Å². The summed E-state index contributed by atoms with van der Waals surface area (Å²) in [6.07, 6.45) is 9.93. The lowest BCUT2D eigenvalue weighted by atomic mass is 9.99. The number of piperidine rings is 5. The van der Waals surface area contributed by atoms with Crippen molar-refractivity contribution in [1.82, 2.24) is 22.7 Å². The Kier molecular flexibility index (Phi) is 28.1. The van der Waals surface area contributed by atoms with Crippen LogP contribution in [0, 0.1) is 0 Å². The van der Waals surface area contributed by atoms with E-state index in [0.29, 0.717) is 85.6 Å². The van der Waals surface area contributed by atoms with Crippen molar-refractivity contribution in [1.29, 1.82) is 0 Å². The van der Waals surface area contributed by atoms with E-state index in [1.807, 2.05) is 0 Å². The summed E-state index contributed by atoms with van der Waals surface area (Å²) in [5.74, 6) is -1.78. The molecular formula is C60H90Cl3N5O16S3Si. The summed E-state index contributed by atoms with van der Waals surface area (Å²) in [4.78, 5) is 54.2. The first-order valence-corrected chi connectivity index (χ1v) is 37.9. The maximum atomic E-state index is 13.6. The zero-order valence-electron chi connectivity index (χ0n) is 51.0. The van der Waals surface area contributed by atoms with Gasteiger partial charge in [0.15, 0.2) is 8.32 Å². The Hall–Kier alpha value is -3.96. The van der Waals surface area contributed by atoms with Gasteiger partial charge in [-0.15, -0.1) is 0 Å². The van der Waals surface area contributed by atoms with Crippen LogP contribution in [0.5, 0.6) is 0 Å². The number of hydrogen-bond donors (Lipinski definition) is 1. The Labute approximate surface area is 537 Å². The second kappa shape index (κ2) is 33.0. The zero-order chi connectivity index (χ0) is 64.1. The summed E-state index contributed by atoms with van der Waals surface area (Å²) >= 11 is 17.6. The van der Waals surface area contributed by atoms with Crippen LogP contribution in [0.1, 0.15) is 118 Å². The van der Waals surface area contributed by atoms with Gasteiger partial charge in [-0.1, -0.05) is 69.4 Å². The van der Waals surface area contributed by atoms with Gasteiger partial charge in [0.1, 0.15) is 24.7 Å². The maximum Gasteiger partial charge on any atom is 0.409 e. The molecule has 8 rings (SSSR count). The highest BCUT2D eigenvalue weighted by Crippen LogP contribution is 2.39. The van der Waals surface area contributed by atoms with E-state index in [1.54, 1.807) is 4.90 Å². The largest absolute Gasteiger partial charge is 0.468 e. The summed E-state index contributed by atoms with van der Waals surface area (Å²) in [6.45, 7) is 14.0. The first kappa shape index (κ1) is 74.8. The summed E-state index contributed by atoms with van der Waals surface area (Å²) in [5.41, 5.74) is 0. The molecule has 6 atom stereocenters. The molecule has 5 aliphatic heterocycles. The van der Waals surface area contributed by atoms with Crippen LogP contribution in [0.2, 0.25) is 33.2 Å². The number of esters is 3. The zero-order valence-corrected chi connectivity index (χ0v) is 56.7. The monoisotopic (exact) mass is 1370 g/mol. The first-order chi connectivity index (χ1) is 41.0. The maximum absolute atomic E-state index is 13.6. The van der Waals surface area contributed by atoms with Crippen LogP contribution in [0.3, 0.4) is 0 Å². The van der Waals surface area contributed by atoms with Gasteiger partial charge in [0.2, 0.25) is 30.1 Å². The number of nitrogens with zero attached hydrogens (tertiary/aromatic N) is 5. The number of amides is 1. The van der Waals surface area contributed by atoms with E-state index < -0.39 is 98.6 Å². The Morgan fingerprint density at radius 2 is 0.852 bits per heavy atom. The number of halogens is 3. The van der Waals surface area contributed by atoms with Gasteiger partial charge in [0.05, 0.1) is 55.3 Å². The quantitative estimate of drug-likeness (QED) is 0.0795. The summed E-state index contributed by atoms with van der Waals surface area (Å²) in [6, 6.07) is 13.5. The lowest BCUT2D eigenvalue weighted by Crippen LogP contribution is -2.56. The molecule has 3 aromatic rings. The third-order valence-electron chi connectivity index (χ3n) is 17.3. The van der Waals surface area contributed by atoms with Gasteiger partial charge in [-0.05, 0) is 187 Å². The number of carbonyl (C=O) groups is 4. The van der Waals surface area contributed by atoms with Crippen molar-refractivity contribution >= 4 is 97.2 Å². The number of methoxy groups -OCH3 is 3. The van der Waals surface area contributed by atoms with E-state index in [1.165, 1.54) is 122 Å². The van der Waals surface area contributed by atoms with Crippen LogP contribution in [0.15, 0.2) is 87.5 Å². The number of aliphatic hydroxyl groups is 1. The van der Waals surface area contributed by atoms with Crippen LogP contribution in [0.4, 0.5) is 4.79 Å². The smallest absolute Gasteiger partial charge is 0.409 e. The van der Waals surface area contributed by atoms with Crippen molar-refractivity contribution in [3.05, 3.63) is 87.9 Å². The normalized spacial score (nSPS) is 23.2. The second-order valence-corrected chi connectivity index (χ2v) is 35.5. The van der Waals surface area contributed by atoms with Gasteiger partial charge in [-0.25, -0.2) is 30.0 Å². The molecule has 0 aliphatic carbocycles. The van der Waals surface area contributed by atoms with Crippen molar-refractivity contribution in [3.8, 4) is 0 Å². The molecule has 28 heteroatoms. The molecular weight excluding hydrogens is 1280 g/mol. The molecule has 0 bridgehead atoms. The molecule has 0 spiro atoms. The van der Waals surface area contributed by atoms with Crippen LogP contribution in [0.25, 0.3) is 0 Å². The molecule has 5 saturated heterocycles. The standard InChI is InChI=1S/C25H36ClN3O6S.C20H32ClNO5SSi.C14H18ClNO5S.CH4/c1-34-24(30)23-7-5-6-21(29(23)36(32,33)22-10-8-19(26)9-11-22)18-35-25(31)28-16-12-20(13-17-28)27-14-3-2-4-15-27;1-20(2,3)29(5,6)27-14-16-8-7-9-18(19(23)26-4)22(16)28(24,25)17-12-10-15(21)11-13-17;1-21-14(18)13-4-2-3-11(9-17)16(13)22(19,20)12-7-5-10(15)6-8-12;/h8-11,20-21,23H,2-7,12-18H2,1H3;10-13,16,18H,7-9,14H2,1-6H3;5-8,11,13,17H,2-4,9H2,1H3;1H4. The molecule has 21 nitrogen and oxygen atoms in total. The number of aliphatic hydroxyl groups excluding tert-OH is 1. The predicted octanol–water partition coefficient (Wildman–Crippen LogP) is 10.0. The fraction of sp³-hybridized carbons (Fsp3) is 0.633. The molecule has 5 aliphatic rings. The summed E-state index contributed by atoms with van der Waals surface area (Å²) < 4.78 is 110. The van der Waals surface area contributed by atoms with Gasteiger partial charge in [0, 0.05) is 46.3 Å². The van der Waals surface area contributed by atoms with E-state index in [2.05, 4.69) is 38.8 Å². The Bertz CT molecular complexity index is 3120. The van der Waals surface area contributed by atoms with Crippen LogP contribution in [-0.2, 0) is 67.8 Å². The van der Waals surface area contributed by atoms with Gasteiger partial charge in [-0.2, -0.15) is 12.9 Å². The van der Waals surface area contributed by atoms with Gasteiger partial charge in [-0.3, -0.25) is 14.4 Å². The Balaban J connectivity index is 0.000000246. The van der Waals surface area contributed by atoms with Crippen LogP contribution in [-0.4, -0.2) is 195 Å². The second-order valence-electron chi connectivity index (χ2n) is 23.9. The highest BCUT2D eigenvalue weighted by atomic mass is 35.5. The Morgan fingerprint density at radius 1 is 0.511 bits per heavy atom. The third-order valence-corrected chi connectivity index (χ3v) is 28.5. The minimum Gasteiger partial charge on any atom is -0.468 e. The molecule has 0 saturated carbocycles. The number of ether oxygens (including phenoxy) is 4. The minimum atomic E-state index is -4.06. The number of benzene rings is 3. The number of sulfonamides is 3. The lowest BCUT2D eigenvalue weighted by molar-refractivity contribution is -0.148. The summed E-state index contributed by atoms with van der Waals surface area (Å²) in [5, 5.41) is 10.8. The molecule has 0 radical (unpaired) electrons. The molecule has 5 fully saturated rings. The first-order valence-electron chi connectivity index (χ1n) is 29.5. The van der Waals surface area contributed by atoms with Crippen LogP contribution < -0.4 is 0 Å². The molecule has 1 N–H and O–H groups in total. The van der Waals surface area contributed by atoms with Crippen molar-refractivity contribution in [2.45, 2.75) is 193 Å². The topological polar surface area (TPSA) is 253 Å². The van der Waals surface area contributed by atoms with Crippen molar-refractivity contribution in [2.75, 3.05) is 67.3 Å². The number of rotatable bonds is 16. The molecule has 3 aromatic carbocycles. The molecule has 5 heterocycles. The summed E-state index contributed by atoms with van der Waals surface area (Å²) in [7, 11) is -10.2. The molecule has 88 heavy (non-hydrogen) atoms. The van der Waals surface area contributed by atoms with Crippen molar-refractivity contribution < 1.29 is 72.9 Å². The average Bonchev–Trinajstić information content (AvgIpc) is 3.34. The third kappa shape index (κ3) is 18.6. The van der Waals surface area contributed by atoms with Crippen molar-refractivity contribution in [3.63, 3.8) is 0 Å². The SMILES string of the molecule is C.COC(=O)C1CCCC(CO)N1S(=O)(=O)c1ccc(Cl)cc1.COC(=O)C1CCCC(COC(=O)N2CCC(N3CCCCC3)CC2)N1S(=O)(=O)c1ccc(Cl)cc1.COC(=O)C1CCCC(CO[Si](C)(C)C(C)(C)C)N1S(=O)(=O)c1ccc(Cl)cc1.